The Morgan fingerprint density at radius 3 is 2.94 bits per heavy atom. The Balaban J connectivity index is 2.20. The van der Waals surface area contributed by atoms with Crippen LogP contribution in [0.4, 0.5) is 5.69 Å². The van der Waals surface area contributed by atoms with Crippen LogP contribution >= 0.6 is 0 Å². The zero-order valence-corrected chi connectivity index (χ0v) is 8.90. The van der Waals surface area contributed by atoms with E-state index in [-0.39, 0.29) is 6.29 Å². The Hall–Kier alpha value is -1.75. The van der Waals surface area contributed by atoms with Crippen LogP contribution in [0.1, 0.15) is 17.2 Å². The normalized spacial score (nSPS) is 15.3. The van der Waals surface area contributed by atoms with Gasteiger partial charge in [0, 0.05) is 11.6 Å². The van der Waals surface area contributed by atoms with Crippen molar-refractivity contribution in [2.75, 3.05) is 18.5 Å². The summed E-state index contributed by atoms with van der Waals surface area (Å²) in [5, 5.41) is 2.45. The number of nitrogens with one attached hydrogen (secondary N) is 1. The largest absolute Gasteiger partial charge is 0.380 e. The summed E-state index contributed by atoms with van der Waals surface area (Å²) in [4.78, 5) is 25.3. The SMILES string of the molecule is Cc1ncc(NC(=O)C=O)cc1C1COC1. The van der Waals surface area contributed by atoms with Crippen LogP contribution in [0.5, 0.6) is 0 Å². The first kappa shape index (κ1) is 10.8. The third-order valence-corrected chi connectivity index (χ3v) is 2.58. The van der Waals surface area contributed by atoms with E-state index in [1.165, 1.54) is 0 Å². The van der Waals surface area contributed by atoms with Crippen LogP contribution in [0.15, 0.2) is 12.3 Å². The van der Waals surface area contributed by atoms with Gasteiger partial charge < -0.3 is 10.1 Å². The van der Waals surface area contributed by atoms with Gasteiger partial charge in [-0.3, -0.25) is 14.6 Å². The van der Waals surface area contributed by atoms with Crippen molar-refractivity contribution in [2.24, 2.45) is 0 Å². The quantitative estimate of drug-likeness (QED) is 0.599. The minimum absolute atomic E-state index is 0.242. The molecule has 0 spiro atoms. The molecule has 1 N–H and O–H groups in total. The van der Waals surface area contributed by atoms with E-state index in [1.54, 1.807) is 6.20 Å². The maximum atomic E-state index is 10.9. The fraction of sp³-hybridized carbons (Fsp3) is 0.364. The highest BCUT2D eigenvalue weighted by Gasteiger charge is 2.23. The lowest BCUT2D eigenvalue weighted by Gasteiger charge is -2.27. The number of carbonyl (C=O) groups excluding carboxylic acids is 2. The average molecular weight is 220 g/mol. The van der Waals surface area contributed by atoms with E-state index >= 15 is 0 Å². The van der Waals surface area contributed by atoms with E-state index in [0.29, 0.717) is 24.8 Å². The van der Waals surface area contributed by atoms with Gasteiger partial charge in [-0.05, 0) is 18.6 Å². The lowest BCUT2D eigenvalue weighted by atomic mass is 9.96. The zero-order valence-electron chi connectivity index (χ0n) is 8.90. The molecule has 0 aliphatic carbocycles. The van der Waals surface area contributed by atoms with Crippen LogP contribution in [0.3, 0.4) is 0 Å². The summed E-state index contributed by atoms with van der Waals surface area (Å²) >= 11 is 0. The lowest BCUT2D eigenvalue weighted by Crippen LogP contribution is -2.26. The van der Waals surface area contributed by atoms with Crippen LogP contribution in [-0.2, 0) is 14.3 Å². The second kappa shape index (κ2) is 4.40. The van der Waals surface area contributed by atoms with Crippen LogP contribution in [-0.4, -0.2) is 30.4 Å². The highest BCUT2D eigenvalue weighted by Crippen LogP contribution is 2.27. The van der Waals surface area contributed by atoms with Gasteiger partial charge in [-0.25, -0.2) is 0 Å². The second-order valence-electron chi connectivity index (χ2n) is 3.74. The van der Waals surface area contributed by atoms with Gasteiger partial charge >= 0.3 is 0 Å². The summed E-state index contributed by atoms with van der Waals surface area (Å²) in [5.74, 6) is -0.318. The average Bonchev–Trinajstić information content (AvgIpc) is 2.20. The van der Waals surface area contributed by atoms with E-state index in [2.05, 4.69) is 10.3 Å². The number of hydrogen-bond acceptors (Lipinski definition) is 4. The minimum Gasteiger partial charge on any atom is -0.380 e. The number of rotatable bonds is 3. The molecule has 0 unspecified atom stereocenters. The maximum absolute atomic E-state index is 10.9. The first-order valence-corrected chi connectivity index (χ1v) is 5.01. The summed E-state index contributed by atoms with van der Waals surface area (Å²) < 4.78 is 5.12. The topological polar surface area (TPSA) is 68.3 Å². The van der Waals surface area contributed by atoms with Crippen molar-refractivity contribution in [1.29, 1.82) is 0 Å². The predicted molar refractivity (Wildman–Crippen MR) is 57.2 cm³/mol. The molecule has 0 saturated carbocycles. The molecular formula is C11H12N2O3. The fourth-order valence-corrected chi connectivity index (χ4v) is 1.62. The monoisotopic (exact) mass is 220 g/mol. The molecule has 1 amide bonds. The number of ether oxygens (including phenoxy) is 1. The summed E-state index contributed by atoms with van der Waals surface area (Å²) in [7, 11) is 0. The highest BCUT2D eigenvalue weighted by atomic mass is 16.5. The van der Waals surface area contributed by atoms with E-state index in [1.807, 2.05) is 13.0 Å². The molecule has 2 rings (SSSR count). The second-order valence-corrected chi connectivity index (χ2v) is 3.74. The number of carbonyl (C=O) groups is 2. The van der Waals surface area contributed by atoms with Gasteiger partial charge in [-0.1, -0.05) is 0 Å². The number of amides is 1. The zero-order chi connectivity index (χ0) is 11.5. The summed E-state index contributed by atoms with van der Waals surface area (Å²) in [6.45, 7) is 3.29. The molecule has 5 nitrogen and oxygen atoms in total. The first-order valence-electron chi connectivity index (χ1n) is 5.01. The Morgan fingerprint density at radius 2 is 2.38 bits per heavy atom. The first-order chi connectivity index (χ1) is 7.70. The van der Waals surface area contributed by atoms with Gasteiger partial charge in [-0.2, -0.15) is 0 Å². The molecular weight excluding hydrogens is 208 g/mol. The molecule has 1 aromatic rings. The Labute approximate surface area is 92.8 Å². The van der Waals surface area contributed by atoms with E-state index in [0.717, 1.165) is 11.3 Å². The number of pyridine rings is 1. The van der Waals surface area contributed by atoms with Crippen molar-refractivity contribution >= 4 is 17.9 Å². The summed E-state index contributed by atoms with van der Waals surface area (Å²) in [5.41, 5.74) is 2.54. The number of hydrogen-bond donors (Lipinski definition) is 1. The molecule has 5 heteroatoms. The Morgan fingerprint density at radius 1 is 1.62 bits per heavy atom. The molecule has 1 fully saturated rings. The number of anilines is 1. The number of aldehydes is 1. The molecule has 1 aromatic heterocycles. The van der Waals surface area contributed by atoms with Crippen LogP contribution < -0.4 is 5.32 Å². The van der Waals surface area contributed by atoms with Gasteiger partial charge in [-0.15, -0.1) is 0 Å². The minimum atomic E-state index is -0.665. The Bertz CT molecular complexity index is 427. The van der Waals surface area contributed by atoms with Crippen molar-refractivity contribution in [2.45, 2.75) is 12.8 Å². The smallest absolute Gasteiger partial charge is 0.288 e. The van der Waals surface area contributed by atoms with Gasteiger partial charge in [0.1, 0.15) is 0 Å². The van der Waals surface area contributed by atoms with Crippen molar-refractivity contribution in [1.82, 2.24) is 4.98 Å². The standard InChI is InChI=1S/C11H12N2O3/c1-7-10(8-5-16-6-8)2-9(3-12-7)13-11(15)4-14/h2-4,8H,5-6H2,1H3,(H,13,15). The van der Waals surface area contributed by atoms with Gasteiger partial charge in [0.2, 0.25) is 6.29 Å². The van der Waals surface area contributed by atoms with Crippen molar-refractivity contribution in [3.8, 4) is 0 Å². The molecule has 16 heavy (non-hydrogen) atoms. The molecule has 84 valence electrons. The number of nitrogens with zero attached hydrogens (tertiary/aromatic N) is 1. The fourth-order valence-electron chi connectivity index (χ4n) is 1.62. The summed E-state index contributed by atoms with van der Waals surface area (Å²) in [6.07, 6.45) is 1.78. The van der Waals surface area contributed by atoms with E-state index in [4.69, 9.17) is 4.74 Å². The predicted octanol–water partition coefficient (Wildman–Crippen LogP) is 0.641. The van der Waals surface area contributed by atoms with Crippen molar-refractivity contribution < 1.29 is 14.3 Å². The molecule has 0 radical (unpaired) electrons. The van der Waals surface area contributed by atoms with E-state index < -0.39 is 5.91 Å². The molecule has 0 atom stereocenters. The number of aryl methyl sites for hydroxylation is 1. The molecule has 1 saturated heterocycles. The van der Waals surface area contributed by atoms with Crippen molar-refractivity contribution in [3.05, 3.63) is 23.5 Å². The van der Waals surface area contributed by atoms with Crippen LogP contribution in [0.25, 0.3) is 0 Å². The molecule has 0 bridgehead atoms. The lowest BCUT2D eigenvalue weighted by molar-refractivity contribution is -0.127. The van der Waals surface area contributed by atoms with Crippen LogP contribution in [0.2, 0.25) is 0 Å². The summed E-state index contributed by atoms with van der Waals surface area (Å²) in [6, 6.07) is 1.84. The highest BCUT2D eigenvalue weighted by molar-refractivity contribution is 6.29. The Kier molecular flexibility index (Phi) is 2.96. The molecule has 2 heterocycles. The third-order valence-electron chi connectivity index (χ3n) is 2.58. The van der Waals surface area contributed by atoms with Gasteiger partial charge in [0.05, 0.1) is 25.1 Å². The number of aromatic nitrogens is 1. The maximum Gasteiger partial charge on any atom is 0.288 e. The van der Waals surface area contributed by atoms with Crippen LogP contribution in [0, 0.1) is 6.92 Å². The van der Waals surface area contributed by atoms with Crippen molar-refractivity contribution in [3.63, 3.8) is 0 Å². The van der Waals surface area contributed by atoms with Gasteiger partial charge in [0.15, 0.2) is 0 Å². The molecule has 0 aromatic carbocycles. The molecule has 1 aliphatic rings. The third kappa shape index (κ3) is 2.09. The molecule has 1 aliphatic heterocycles. The van der Waals surface area contributed by atoms with Gasteiger partial charge in [0.25, 0.3) is 5.91 Å². The van der Waals surface area contributed by atoms with E-state index in [9.17, 15) is 9.59 Å².